The fourth-order valence-electron chi connectivity index (χ4n) is 1.74. The summed E-state index contributed by atoms with van der Waals surface area (Å²) in [6.07, 6.45) is 1.11. The lowest BCUT2D eigenvalue weighted by atomic mass is 10.2. The number of thiophene rings is 1. The minimum atomic E-state index is 0.615. The molecule has 0 saturated heterocycles. The van der Waals surface area contributed by atoms with Crippen LogP contribution in [0.5, 0.6) is 0 Å². The minimum absolute atomic E-state index is 0.615. The zero-order chi connectivity index (χ0) is 13.0. The maximum atomic E-state index is 5.89. The van der Waals surface area contributed by atoms with Crippen molar-refractivity contribution < 1.29 is 0 Å². The smallest absolute Gasteiger partial charge is 0.0635 e. The van der Waals surface area contributed by atoms with Gasteiger partial charge in [0.25, 0.3) is 0 Å². The number of halogens is 1. The standard InChI is InChI=1S/C14H17ClN2S/c1-2-11-4-5-12(18-11)9-17-8-10-3-6-13(15)14(16)7-10/h3-7,17H,2,8-9,16H2,1H3. The van der Waals surface area contributed by atoms with Crippen LogP contribution in [-0.4, -0.2) is 0 Å². The van der Waals surface area contributed by atoms with Crippen molar-refractivity contribution in [2.75, 3.05) is 5.73 Å². The van der Waals surface area contributed by atoms with Crippen LogP contribution in [0.3, 0.4) is 0 Å². The monoisotopic (exact) mass is 280 g/mol. The molecule has 0 saturated carbocycles. The molecule has 0 amide bonds. The van der Waals surface area contributed by atoms with E-state index in [0.717, 1.165) is 25.1 Å². The molecule has 0 unspecified atom stereocenters. The maximum Gasteiger partial charge on any atom is 0.0635 e. The Morgan fingerprint density at radius 3 is 2.61 bits per heavy atom. The van der Waals surface area contributed by atoms with Gasteiger partial charge in [-0.2, -0.15) is 0 Å². The first-order valence-electron chi connectivity index (χ1n) is 6.01. The highest BCUT2D eigenvalue weighted by Crippen LogP contribution is 2.20. The van der Waals surface area contributed by atoms with Crippen LogP contribution < -0.4 is 11.1 Å². The van der Waals surface area contributed by atoms with Gasteiger partial charge in [0.2, 0.25) is 0 Å². The summed E-state index contributed by atoms with van der Waals surface area (Å²) in [5.41, 5.74) is 7.56. The van der Waals surface area contributed by atoms with Crippen LogP contribution in [0.15, 0.2) is 30.3 Å². The number of nitrogens with two attached hydrogens (primary N) is 1. The van der Waals surface area contributed by atoms with Crippen molar-refractivity contribution in [2.24, 2.45) is 0 Å². The molecule has 0 aliphatic heterocycles. The van der Waals surface area contributed by atoms with Gasteiger partial charge in [0.05, 0.1) is 10.7 Å². The van der Waals surface area contributed by atoms with E-state index in [4.69, 9.17) is 17.3 Å². The Balaban J connectivity index is 1.86. The second kappa shape index (κ2) is 6.23. The zero-order valence-electron chi connectivity index (χ0n) is 10.4. The molecule has 0 aliphatic rings. The van der Waals surface area contributed by atoms with Crippen molar-refractivity contribution in [3.63, 3.8) is 0 Å². The van der Waals surface area contributed by atoms with E-state index in [9.17, 15) is 0 Å². The van der Waals surface area contributed by atoms with Gasteiger partial charge in [-0.3, -0.25) is 0 Å². The highest BCUT2D eigenvalue weighted by atomic mass is 35.5. The SMILES string of the molecule is CCc1ccc(CNCc2ccc(Cl)c(N)c2)s1. The van der Waals surface area contributed by atoms with E-state index >= 15 is 0 Å². The summed E-state index contributed by atoms with van der Waals surface area (Å²) in [5.74, 6) is 0. The number of hydrogen-bond acceptors (Lipinski definition) is 3. The molecule has 1 aromatic carbocycles. The Bertz CT molecular complexity index is 522. The third-order valence-electron chi connectivity index (χ3n) is 2.75. The number of benzene rings is 1. The lowest BCUT2D eigenvalue weighted by Crippen LogP contribution is -2.11. The molecule has 1 heterocycles. The van der Waals surface area contributed by atoms with Gasteiger partial charge in [-0.15, -0.1) is 11.3 Å². The van der Waals surface area contributed by atoms with Crippen molar-refractivity contribution in [3.8, 4) is 0 Å². The Morgan fingerprint density at radius 2 is 1.94 bits per heavy atom. The quantitative estimate of drug-likeness (QED) is 0.817. The molecule has 0 bridgehead atoms. The molecule has 0 radical (unpaired) electrons. The number of rotatable bonds is 5. The molecular weight excluding hydrogens is 264 g/mol. The topological polar surface area (TPSA) is 38.0 Å². The number of anilines is 1. The third kappa shape index (κ3) is 3.48. The number of nitrogen functional groups attached to an aromatic ring is 1. The van der Waals surface area contributed by atoms with E-state index in [1.807, 2.05) is 29.5 Å². The van der Waals surface area contributed by atoms with Crippen LogP contribution >= 0.6 is 22.9 Å². The first-order valence-corrected chi connectivity index (χ1v) is 7.20. The molecule has 0 aliphatic carbocycles. The minimum Gasteiger partial charge on any atom is -0.398 e. The van der Waals surface area contributed by atoms with Crippen molar-refractivity contribution >= 4 is 28.6 Å². The van der Waals surface area contributed by atoms with Gasteiger partial charge >= 0.3 is 0 Å². The predicted molar refractivity (Wildman–Crippen MR) is 80.1 cm³/mol. The van der Waals surface area contributed by atoms with Crippen molar-refractivity contribution in [2.45, 2.75) is 26.4 Å². The zero-order valence-corrected chi connectivity index (χ0v) is 11.9. The Morgan fingerprint density at radius 1 is 1.17 bits per heavy atom. The molecule has 0 atom stereocenters. The molecule has 2 aromatic rings. The molecule has 0 fully saturated rings. The number of hydrogen-bond donors (Lipinski definition) is 2. The molecule has 18 heavy (non-hydrogen) atoms. The van der Waals surface area contributed by atoms with Gasteiger partial charge in [-0.05, 0) is 36.2 Å². The Hall–Kier alpha value is -1.03. The fourth-order valence-corrected chi connectivity index (χ4v) is 2.79. The van der Waals surface area contributed by atoms with Gasteiger partial charge in [-0.1, -0.05) is 24.6 Å². The van der Waals surface area contributed by atoms with E-state index in [2.05, 4.69) is 24.4 Å². The average Bonchev–Trinajstić information content (AvgIpc) is 2.82. The molecule has 0 spiro atoms. The van der Waals surface area contributed by atoms with Crippen molar-refractivity contribution in [1.82, 2.24) is 5.32 Å². The summed E-state index contributed by atoms with van der Waals surface area (Å²) in [5, 5.41) is 4.03. The first kappa shape index (κ1) is 13.4. The number of aryl methyl sites for hydroxylation is 1. The first-order chi connectivity index (χ1) is 8.69. The van der Waals surface area contributed by atoms with Crippen molar-refractivity contribution in [3.05, 3.63) is 50.7 Å². The second-order valence-electron chi connectivity index (χ2n) is 4.18. The molecule has 1 aromatic heterocycles. The van der Waals surface area contributed by atoms with E-state index in [1.54, 1.807) is 0 Å². The van der Waals surface area contributed by atoms with E-state index in [-0.39, 0.29) is 0 Å². The Kier molecular flexibility index (Phi) is 4.64. The fraction of sp³-hybridized carbons (Fsp3) is 0.286. The molecule has 2 nitrogen and oxygen atoms in total. The van der Waals surface area contributed by atoms with Gasteiger partial charge in [0, 0.05) is 22.8 Å². The van der Waals surface area contributed by atoms with Crippen LogP contribution in [0, 0.1) is 0 Å². The van der Waals surface area contributed by atoms with Crippen molar-refractivity contribution in [1.29, 1.82) is 0 Å². The summed E-state index contributed by atoms with van der Waals surface area (Å²) < 4.78 is 0. The molecule has 2 rings (SSSR count). The van der Waals surface area contributed by atoms with Crippen LogP contribution in [0.4, 0.5) is 5.69 Å². The average molecular weight is 281 g/mol. The molecule has 96 valence electrons. The maximum absolute atomic E-state index is 5.89. The van der Waals surface area contributed by atoms with Gasteiger partial charge in [-0.25, -0.2) is 0 Å². The Labute approximate surface area is 117 Å². The second-order valence-corrected chi connectivity index (χ2v) is 5.84. The van der Waals surface area contributed by atoms with Crippen LogP contribution in [0.1, 0.15) is 22.2 Å². The summed E-state index contributed by atoms with van der Waals surface area (Å²) in [6, 6.07) is 10.1. The highest BCUT2D eigenvalue weighted by Gasteiger charge is 2.00. The lowest BCUT2D eigenvalue weighted by Gasteiger charge is -2.05. The lowest BCUT2D eigenvalue weighted by molar-refractivity contribution is 0.701. The van der Waals surface area contributed by atoms with E-state index < -0.39 is 0 Å². The van der Waals surface area contributed by atoms with Gasteiger partial charge in [0.15, 0.2) is 0 Å². The predicted octanol–water partition coefficient (Wildman–Crippen LogP) is 3.84. The summed E-state index contributed by atoms with van der Waals surface area (Å²) in [6.45, 7) is 3.88. The van der Waals surface area contributed by atoms with Crippen LogP contribution in [-0.2, 0) is 19.5 Å². The van der Waals surface area contributed by atoms with Crippen LogP contribution in [0.2, 0.25) is 5.02 Å². The molecular formula is C14H17ClN2S. The highest BCUT2D eigenvalue weighted by molar-refractivity contribution is 7.11. The largest absolute Gasteiger partial charge is 0.398 e. The summed E-state index contributed by atoms with van der Waals surface area (Å²) in [4.78, 5) is 2.80. The number of nitrogens with one attached hydrogen (secondary N) is 1. The normalized spacial score (nSPS) is 10.8. The third-order valence-corrected chi connectivity index (χ3v) is 4.33. The van der Waals surface area contributed by atoms with Crippen LogP contribution in [0.25, 0.3) is 0 Å². The molecule has 4 heteroatoms. The molecule has 3 N–H and O–H groups in total. The van der Waals surface area contributed by atoms with E-state index in [0.29, 0.717) is 10.7 Å². The summed E-state index contributed by atoms with van der Waals surface area (Å²) >= 11 is 7.75. The van der Waals surface area contributed by atoms with Gasteiger partial charge < -0.3 is 11.1 Å². The summed E-state index contributed by atoms with van der Waals surface area (Å²) in [7, 11) is 0. The van der Waals surface area contributed by atoms with E-state index in [1.165, 1.54) is 9.75 Å². The van der Waals surface area contributed by atoms with Gasteiger partial charge in [0.1, 0.15) is 0 Å².